The Morgan fingerprint density at radius 2 is 2.07 bits per heavy atom. The first-order chi connectivity index (χ1) is 6.75. The van der Waals surface area contributed by atoms with Crippen molar-refractivity contribution in [3.8, 4) is 0 Å². The SMILES string of the molecule is Cc1nn(CC(C)(C)C(=O)O)c(C)c1Cl. The number of carboxylic acid groups (broad SMARTS) is 1. The summed E-state index contributed by atoms with van der Waals surface area (Å²) in [5, 5.41) is 13.8. The van der Waals surface area contributed by atoms with E-state index < -0.39 is 11.4 Å². The van der Waals surface area contributed by atoms with Crippen molar-refractivity contribution < 1.29 is 9.90 Å². The van der Waals surface area contributed by atoms with Crippen LogP contribution in [0.3, 0.4) is 0 Å². The van der Waals surface area contributed by atoms with E-state index in [-0.39, 0.29) is 0 Å². The molecular formula is C10H15ClN2O2. The van der Waals surface area contributed by atoms with Crippen molar-refractivity contribution in [2.24, 2.45) is 5.41 Å². The standard InChI is InChI=1S/C10H15ClN2O2/c1-6-8(11)7(2)13(12-6)5-10(3,4)9(14)15/h5H2,1-4H3,(H,14,15). The number of hydrogen-bond acceptors (Lipinski definition) is 2. The highest BCUT2D eigenvalue weighted by Gasteiger charge is 2.29. The molecule has 0 spiro atoms. The number of carbonyl (C=O) groups is 1. The van der Waals surface area contributed by atoms with Gasteiger partial charge < -0.3 is 5.11 Å². The number of aromatic nitrogens is 2. The molecule has 1 N–H and O–H groups in total. The maximum Gasteiger partial charge on any atom is 0.310 e. The van der Waals surface area contributed by atoms with E-state index in [0.29, 0.717) is 11.6 Å². The van der Waals surface area contributed by atoms with Crippen LogP contribution in [0.15, 0.2) is 0 Å². The van der Waals surface area contributed by atoms with E-state index >= 15 is 0 Å². The molecule has 84 valence electrons. The third-order valence-corrected chi connectivity index (χ3v) is 2.96. The van der Waals surface area contributed by atoms with E-state index in [9.17, 15) is 4.79 Å². The highest BCUT2D eigenvalue weighted by atomic mass is 35.5. The van der Waals surface area contributed by atoms with E-state index in [0.717, 1.165) is 11.4 Å². The van der Waals surface area contributed by atoms with Crippen LogP contribution in [-0.2, 0) is 11.3 Å². The summed E-state index contributed by atoms with van der Waals surface area (Å²) in [6, 6.07) is 0. The van der Waals surface area contributed by atoms with Gasteiger partial charge in [-0.1, -0.05) is 11.6 Å². The molecule has 4 nitrogen and oxygen atoms in total. The molecule has 0 unspecified atom stereocenters. The second-order valence-corrected chi connectivity index (χ2v) is 4.71. The molecule has 1 rings (SSSR count). The predicted octanol–water partition coefficient (Wildman–Crippen LogP) is 2.26. The number of aryl methyl sites for hydroxylation is 1. The lowest BCUT2D eigenvalue weighted by molar-refractivity contribution is -0.147. The van der Waals surface area contributed by atoms with Gasteiger partial charge >= 0.3 is 5.97 Å². The molecule has 1 aromatic rings. The first-order valence-corrected chi connectivity index (χ1v) is 5.06. The highest BCUT2D eigenvalue weighted by Crippen LogP contribution is 2.24. The Bertz CT molecular complexity index is 396. The minimum atomic E-state index is -0.842. The molecule has 0 radical (unpaired) electrons. The Balaban J connectivity index is 3.00. The topological polar surface area (TPSA) is 55.1 Å². The van der Waals surface area contributed by atoms with E-state index in [2.05, 4.69) is 5.10 Å². The fourth-order valence-electron chi connectivity index (χ4n) is 1.27. The average Bonchev–Trinajstić information content (AvgIpc) is 2.33. The minimum Gasteiger partial charge on any atom is -0.481 e. The van der Waals surface area contributed by atoms with Gasteiger partial charge in [0.2, 0.25) is 0 Å². The third kappa shape index (κ3) is 2.31. The summed E-state index contributed by atoms with van der Waals surface area (Å²) in [6.07, 6.45) is 0. The lowest BCUT2D eigenvalue weighted by atomic mass is 9.94. The molecule has 0 saturated carbocycles. The van der Waals surface area contributed by atoms with Crippen LogP contribution in [0, 0.1) is 19.3 Å². The Kier molecular flexibility index (Phi) is 3.09. The van der Waals surface area contributed by atoms with Gasteiger partial charge in [-0.05, 0) is 27.7 Å². The second-order valence-electron chi connectivity index (χ2n) is 4.33. The summed E-state index contributed by atoms with van der Waals surface area (Å²) in [4.78, 5) is 11.0. The van der Waals surface area contributed by atoms with Gasteiger partial charge in [-0.15, -0.1) is 0 Å². The largest absolute Gasteiger partial charge is 0.481 e. The Morgan fingerprint density at radius 3 is 2.40 bits per heavy atom. The summed E-state index contributed by atoms with van der Waals surface area (Å²) in [5.74, 6) is -0.842. The van der Waals surface area contributed by atoms with E-state index in [1.54, 1.807) is 25.5 Å². The summed E-state index contributed by atoms with van der Waals surface area (Å²) >= 11 is 5.98. The molecule has 15 heavy (non-hydrogen) atoms. The fraction of sp³-hybridized carbons (Fsp3) is 0.600. The zero-order valence-electron chi connectivity index (χ0n) is 9.33. The van der Waals surface area contributed by atoms with Crippen molar-refractivity contribution in [2.45, 2.75) is 34.2 Å². The first-order valence-electron chi connectivity index (χ1n) is 4.68. The fourth-order valence-corrected chi connectivity index (χ4v) is 1.41. The molecule has 0 aliphatic heterocycles. The van der Waals surface area contributed by atoms with Crippen molar-refractivity contribution in [1.29, 1.82) is 0 Å². The molecule has 0 amide bonds. The zero-order valence-corrected chi connectivity index (χ0v) is 10.1. The van der Waals surface area contributed by atoms with Crippen molar-refractivity contribution in [1.82, 2.24) is 9.78 Å². The number of nitrogens with zero attached hydrogens (tertiary/aromatic N) is 2. The molecule has 1 aromatic heterocycles. The van der Waals surface area contributed by atoms with Gasteiger partial charge in [0.25, 0.3) is 0 Å². The van der Waals surface area contributed by atoms with Crippen molar-refractivity contribution in [2.75, 3.05) is 0 Å². The quantitative estimate of drug-likeness (QED) is 0.867. The Labute approximate surface area is 93.9 Å². The predicted molar refractivity (Wildman–Crippen MR) is 58.1 cm³/mol. The minimum absolute atomic E-state index is 0.321. The van der Waals surface area contributed by atoms with Crippen LogP contribution in [0.1, 0.15) is 25.2 Å². The van der Waals surface area contributed by atoms with E-state index in [4.69, 9.17) is 16.7 Å². The number of aliphatic carboxylic acids is 1. The van der Waals surface area contributed by atoms with Gasteiger partial charge in [-0.25, -0.2) is 0 Å². The molecular weight excluding hydrogens is 216 g/mol. The number of halogens is 1. The zero-order chi connectivity index (χ0) is 11.8. The van der Waals surface area contributed by atoms with Crippen LogP contribution in [-0.4, -0.2) is 20.9 Å². The molecule has 0 aliphatic rings. The Hall–Kier alpha value is -1.03. The highest BCUT2D eigenvalue weighted by molar-refractivity contribution is 6.31. The van der Waals surface area contributed by atoms with Gasteiger partial charge in [-0.3, -0.25) is 9.48 Å². The molecule has 0 atom stereocenters. The van der Waals surface area contributed by atoms with E-state index in [1.807, 2.05) is 6.92 Å². The molecule has 0 aliphatic carbocycles. The number of hydrogen-bond donors (Lipinski definition) is 1. The average molecular weight is 231 g/mol. The number of rotatable bonds is 3. The Morgan fingerprint density at radius 1 is 1.53 bits per heavy atom. The number of carboxylic acids is 1. The monoisotopic (exact) mass is 230 g/mol. The van der Waals surface area contributed by atoms with Crippen molar-refractivity contribution in [3.63, 3.8) is 0 Å². The molecule has 1 heterocycles. The third-order valence-electron chi connectivity index (χ3n) is 2.42. The summed E-state index contributed by atoms with van der Waals surface area (Å²) in [7, 11) is 0. The van der Waals surface area contributed by atoms with Gasteiger partial charge in [0, 0.05) is 0 Å². The molecule has 0 fully saturated rings. The smallest absolute Gasteiger partial charge is 0.310 e. The summed E-state index contributed by atoms with van der Waals surface area (Å²) < 4.78 is 1.64. The van der Waals surface area contributed by atoms with Gasteiger partial charge in [0.05, 0.1) is 28.4 Å². The summed E-state index contributed by atoms with van der Waals surface area (Å²) in [5.41, 5.74) is 0.700. The molecule has 0 aromatic carbocycles. The first kappa shape index (κ1) is 12.0. The molecule has 0 bridgehead atoms. The van der Waals surface area contributed by atoms with Crippen LogP contribution in [0.2, 0.25) is 5.02 Å². The maximum atomic E-state index is 11.0. The lowest BCUT2D eigenvalue weighted by Crippen LogP contribution is -2.30. The molecule has 0 saturated heterocycles. The van der Waals surface area contributed by atoms with Crippen LogP contribution in [0.4, 0.5) is 0 Å². The van der Waals surface area contributed by atoms with Crippen molar-refractivity contribution >= 4 is 17.6 Å². The normalized spacial score (nSPS) is 11.8. The lowest BCUT2D eigenvalue weighted by Gasteiger charge is -2.19. The van der Waals surface area contributed by atoms with E-state index in [1.165, 1.54) is 0 Å². The summed E-state index contributed by atoms with van der Waals surface area (Å²) in [6.45, 7) is 7.29. The van der Waals surface area contributed by atoms with Crippen LogP contribution >= 0.6 is 11.6 Å². The molecule has 5 heteroatoms. The van der Waals surface area contributed by atoms with Gasteiger partial charge in [0.1, 0.15) is 0 Å². The van der Waals surface area contributed by atoms with Gasteiger partial charge in [-0.2, -0.15) is 5.10 Å². The van der Waals surface area contributed by atoms with Crippen LogP contribution in [0.25, 0.3) is 0 Å². The van der Waals surface area contributed by atoms with Gasteiger partial charge in [0.15, 0.2) is 0 Å². The van der Waals surface area contributed by atoms with Crippen molar-refractivity contribution in [3.05, 3.63) is 16.4 Å². The van der Waals surface area contributed by atoms with Crippen LogP contribution < -0.4 is 0 Å². The second kappa shape index (κ2) is 3.85. The van der Waals surface area contributed by atoms with Crippen LogP contribution in [0.5, 0.6) is 0 Å². The maximum absolute atomic E-state index is 11.0.